The lowest BCUT2D eigenvalue weighted by atomic mass is 9.95. The van der Waals surface area contributed by atoms with Crippen LogP contribution in [0.3, 0.4) is 0 Å². The second kappa shape index (κ2) is 12.2. The van der Waals surface area contributed by atoms with Gasteiger partial charge in [0.15, 0.2) is 5.65 Å². The highest BCUT2D eigenvalue weighted by atomic mass is 19.4. The van der Waals surface area contributed by atoms with E-state index in [0.717, 1.165) is 11.6 Å². The maximum Gasteiger partial charge on any atom is 0.417 e. The van der Waals surface area contributed by atoms with Gasteiger partial charge < -0.3 is 10.1 Å². The Morgan fingerprint density at radius 2 is 1.76 bits per heavy atom. The largest absolute Gasteiger partial charge is 0.494 e. The number of unbranched alkanes of at least 4 members (excludes halogenated alkanes) is 1. The van der Waals surface area contributed by atoms with E-state index in [4.69, 9.17) is 9.94 Å². The van der Waals surface area contributed by atoms with Crippen molar-refractivity contribution >= 4 is 23.1 Å². The molecule has 0 spiro atoms. The number of carbonyl (C=O) groups excluding carboxylic acids is 2. The van der Waals surface area contributed by atoms with Crippen molar-refractivity contribution in [2.24, 2.45) is 5.41 Å². The van der Waals surface area contributed by atoms with E-state index in [2.05, 4.69) is 15.4 Å². The minimum Gasteiger partial charge on any atom is -0.494 e. The number of hydroxylamine groups is 1. The molecule has 0 saturated carbocycles. The monoisotopic (exact) mass is 583 g/mol. The molecule has 4 aromatic rings. The van der Waals surface area contributed by atoms with Gasteiger partial charge in [0, 0.05) is 28.7 Å². The van der Waals surface area contributed by atoms with Crippen molar-refractivity contribution in [2.75, 3.05) is 11.9 Å². The molecule has 0 saturated heterocycles. The molecule has 9 nitrogen and oxygen atoms in total. The normalized spacial score (nSPS) is 11.9. The van der Waals surface area contributed by atoms with Crippen LogP contribution in [0, 0.1) is 12.3 Å². The zero-order valence-corrected chi connectivity index (χ0v) is 23.7. The zero-order chi connectivity index (χ0) is 30.7. The van der Waals surface area contributed by atoms with Gasteiger partial charge in [-0.3, -0.25) is 14.8 Å². The molecular weight excluding hydrogens is 551 g/mol. The van der Waals surface area contributed by atoms with E-state index >= 15 is 0 Å². The number of nitrogens with one attached hydrogen (secondary N) is 2. The number of anilines is 1. The summed E-state index contributed by atoms with van der Waals surface area (Å²) < 4.78 is 49.1. The first kappa shape index (κ1) is 30.5. The number of aryl methyl sites for hydroxylation is 1. The third-order valence-electron chi connectivity index (χ3n) is 6.55. The Hall–Kier alpha value is -4.45. The molecule has 0 aliphatic rings. The van der Waals surface area contributed by atoms with Crippen molar-refractivity contribution in [2.45, 2.75) is 53.1 Å². The van der Waals surface area contributed by atoms with Crippen molar-refractivity contribution in [3.63, 3.8) is 0 Å². The number of alkyl halides is 3. The quantitative estimate of drug-likeness (QED) is 0.119. The standard InChI is InChI=1S/C30H32F3N5O4/c1-18-8-9-19(15-24(18)35-28(40)29(2,3)4)25-17-38-26(34-25)13-12-23(36-38)21-11-10-20(16-22(21)30(31,32)33)42-14-6-5-7-27(39)37-41/h8-13,15-17,41H,5-7,14H2,1-4H3,(H,35,40)(H,37,39). The summed E-state index contributed by atoms with van der Waals surface area (Å²) in [5.41, 5.74) is 3.25. The molecule has 0 atom stereocenters. The van der Waals surface area contributed by atoms with Crippen LogP contribution in [0.1, 0.15) is 51.2 Å². The molecule has 2 amide bonds. The number of hydrogen-bond acceptors (Lipinski definition) is 6. The summed E-state index contributed by atoms with van der Waals surface area (Å²) in [5.74, 6) is -0.633. The molecule has 2 aromatic heterocycles. The average molecular weight is 584 g/mol. The van der Waals surface area contributed by atoms with Crippen molar-refractivity contribution in [1.82, 2.24) is 20.1 Å². The van der Waals surface area contributed by atoms with Gasteiger partial charge in [-0.2, -0.15) is 18.3 Å². The molecule has 3 N–H and O–H groups in total. The van der Waals surface area contributed by atoms with Crippen LogP contribution in [0.15, 0.2) is 54.7 Å². The lowest BCUT2D eigenvalue weighted by Gasteiger charge is -2.19. The molecule has 0 radical (unpaired) electrons. The average Bonchev–Trinajstić information content (AvgIpc) is 3.36. The summed E-state index contributed by atoms with van der Waals surface area (Å²) in [6.07, 6.45) is -2.14. The lowest BCUT2D eigenvalue weighted by molar-refractivity contribution is -0.137. The highest BCUT2D eigenvalue weighted by Crippen LogP contribution is 2.39. The summed E-state index contributed by atoms with van der Waals surface area (Å²) in [6.45, 7) is 7.46. The Bertz CT molecular complexity index is 1610. The Labute approximate surface area is 240 Å². The predicted octanol–water partition coefficient (Wildman–Crippen LogP) is 6.43. The van der Waals surface area contributed by atoms with Gasteiger partial charge in [-0.25, -0.2) is 15.0 Å². The molecule has 0 unspecified atom stereocenters. The second-order valence-electron chi connectivity index (χ2n) is 10.9. The van der Waals surface area contributed by atoms with Crippen molar-refractivity contribution in [1.29, 1.82) is 0 Å². The molecule has 0 fully saturated rings. The van der Waals surface area contributed by atoms with E-state index in [9.17, 15) is 22.8 Å². The molecule has 0 bridgehead atoms. The van der Waals surface area contributed by atoms with E-state index in [1.165, 1.54) is 28.2 Å². The fraction of sp³-hybridized carbons (Fsp3) is 0.333. The van der Waals surface area contributed by atoms with E-state index in [1.54, 1.807) is 12.3 Å². The van der Waals surface area contributed by atoms with Gasteiger partial charge in [0.25, 0.3) is 0 Å². The van der Waals surface area contributed by atoms with Crippen LogP contribution in [-0.4, -0.2) is 38.2 Å². The highest BCUT2D eigenvalue weighted by molar-refractivity contribution is 5.95. The summed E-state index contributed by atoms with van der Waals surface area (Å²) in [6, 6.07) is 12.3. The van der Waals surface area contributed by atoms with Gasteiger partial charge in [-0.15, -0.1) is 0 Å². The first-order valence-corrected chi connectivity index (χ1v) is 13.3. The predicted molar refractivity (Wildman–Crippen MR) is 151 cm³/mol. The van der Waals surface area contributed by atoms with Crippen molar-refractivity contribution < 1.29 is 32.7 Å². The Morgan fingerprint density at radius 1 is 1.00 bits per heavy atom. The van der Waals surface area contributed by atoms with Crippen LogP contribution < -0.4 is 15.5 Å². The minimum atomic E-state index is -4.67. The van der Waals surface area contributed by atoms with Crippen LogP contribution in [0.4, 0.5) is 18.9 Å². The molecule has 222 valence electrons. The smallest absolute Gasteiger partial charge is 0.417 e. The Kier molecular flexibility index (Phi) is 8.86. The number of aromatic nitrogens is 3. The van der Waals surface area contributed by atoms with Gasteiger partial charge in [0.05, 0.1) is 29.8 Å². The van der Waals surface area contributed by atoms with Crippen LogP contribution in [0.2, 0.25) is 0 Å². The Balaban J connectivity index is 1.59. The third kappa shape index (κ3) is 7.24. The first-order valence-electron chi connectivity index (χ1n) is 13.3. The Morgan fingerprint density at radius 3 is 2.45 bits per heavy atom. The first-order chi connectivity index (χ1) is 19.8. The molecular formula is C30H32F3N5O4. The van der Waals surface area contributed by atoms with Crippen LogP contribution >= 0.6 is 0 Å². The van der Waals surface area contributed by atoms with Gasteiger partial charge in [-0.1, -0.05) is 32.9 Å². The third-order valence-corrected chi connectivity index (χ3v) is 6.55. The molecule has 2 heterocycles. The van der Waals surface area contributed by atoms with E-state index < -0.39 is 23.1 Å². The van der Waals surface area contributed by atoms with Gasteiger partial charge in [-0.05, 0) is 61.7 Å². The number of ether oxygens (including phenoxy) is 1. The highest BCUT2D eigenvalue weighted by Gasteiger charge is 2.35. The van der Waals surface area contributed by atoms with Crippen LogP contribution in [0.5, 0.6) is 5.75 Å². The lowest BCUT2D eigenvalue weighted by Crippen LogP contribution is -2.27. The summed E-state index contributed by atoms with van der Waals surface area (Å²) >= 11 is 0. The molecule has 42 heavy (non-hydrogen) atoms. The molecule has 0 aliphatic carbocycles. The minimum absolute atomic E-state index is 0.0393. The summed E-state index contributed by atoms with van der Waals surface area (Å²) in [5, 5.41) is 15.9. The summed E-state index contributed by atoms with van der Waals surface area (Å²) in [7, 11) is 0. The number of rotatable bonds is 9. The number of benzene rings is 2. The molecule has 2 aromatic carbocycles. The second-order valence-corrected chi connectivity index (χ2v) is 10.9. The zero-order valence-electron chi connectivity index (χ0n) is 23.7. The van der Waals surface area contributed by atoms with Crippen molar-refractivity contribution in [3.05, 3.63) is 65.9 Å². The maximum absolute atomic E-state index is 14.1. The maximum atomic E-state index is 14.1. The molecule has 4 rings (SSSR count). The molecule has 0 aliphatic heterocycles. The molecule has 12 heteroatoms. The number of carbonyl (C=O) groups is 2. The van der Waals surface area contributed by atoms with Gasteiger partial charge in [0.1, 0.15) is 5.75 Å². The number of amides is 2. The van der Waals surface area contributed by atoms with Crippen molar-refractivity contribution in [3.8, 4) is 28.3 Å². The number of halogens is 3. The fourth-order valence-corrected chi connectivity index (χ4v) is 4.10. The summed E-state index contributed by atoms with van der Waals surface area (Å²) in [4.78, 5) is 28.2. The SMILES string of the molecule is Cc1ccc(-c2cn3nc(-c4ccc(OCCCCC(=O)NO)cc4C(F)(F)F)ccc3n2)cc1NC(=O)C(C)(C)C. The topological polar surface area (TPSA) is 118 Å². The number of hydrogen-bond donors (Lipinski definition) is 3. The number of fused-ring (bicyclic) bond motifs is 1. The van der Waals surface area contributed by atoms with E-state index in [1.807, 2.05) is 45.9 Å². The van der Waals surface area contributed by atoms with Crippen LogP contribution in [-0.2, 0) is 15.8 Å². The van der Waals surface area contributed by atoms with Gasteiger partial charge >= 0.3 is 6.18 Å². The van der Waals surface area contributed by atoms with Crippen LogP contribution in [0.25, 0.3) is 28.2 Å². The fourth-order valence-electron chi connectivity index (χ4n) is 4.10. The van der Waals surface area contributed by atoms with E-state index in [-0.39, 0.29) is 35.9 Å². The van der Waals surface area contributed by atoms with Gasteiger partial charge in [0.2, 0.25) is 11.8 Å². The number of imidazole rings is 1. The van der Waals surface area contributed by atoms with E-state index in [0.29, 0.717) is 35.4 Å². The number of nitrogens with zero attached hydrogens (tertiary/aromatic N) is 3.